The van der Waals surface area contributed by atoms with Crippen molar-refractivity contribution in [1.82, 2.24) is 15.3 Å². The van der Waals surface area contributed by atoms with E-state index in [9.17, 15) is 0 Å². The van der Waals surface area contributed by atoms with E-state index in [2.05, 4.69) is 21.4 Å². The summed E-state index contributed by atoms with van der Waals surface area (Å²) in [7, 11) is 0. The summed E-state index contributed by atoms with van der Waals surface area (Å²) in [5, 5.41) is 3.55. The summed E-state index contributed by atoms with van der Waals surface area (Å²) in [6.07, 6.45) is 9.56. The summed E-state index contributed by atoms with van der Waals surface area (Å²) in [5.74, 6) is 0.791. The van der Waals surface area contributed by atoms with Gasteiger partial charge in [-0.15, -0.1) is 0 Å². The highest BCUT2D eigenvalue weighted by Gasteiger charge is 2.20. The summed E-state index contributed by atoms with van der Waals surface area (Å²) in [6.45, 7) is 0.876. The zero-order valence-electron chi connectivity index (χ0n) is 10.3. The van der Waals surface area contributed by atoms with Crippen molar-refractivity contribution < 1.29 is 4.42 Å². The smallest absolute Gasteiger partial charge is 0.195 e. The van der Waals surface area contributed by atoms with Gasteiger partial charge in [-0.3, -0.25) is 4.98 Å². The molecule has 0 radical (unpaired) electrons. The fourth-order valence-electron chi connectivity index (χ4n) is 2.54. The van der Waals surface area contributed by atoms with Crippen LogP contribution in [0.4, 0.5) is 0 Å². The molecule has 2 aromatic rings. The Morgan fingerprint density at radius 2 is 2.33 bits per heavy atom. The molecule has 2 heterocycles. The van der Waals surface area contributed by atoms with Crippen molar-refractivity contribution in [2.75, 3.05) is 6.54 Å². The maximum Gasteiger partial charge on any atom is 0.195 e. The molecular formula is C14H17N3O. The first-order valence-corrected chi connectivity index (χ1v) is 6.49. The SMILES string of the molecule is c1cnc2c(c1)CCCC2NCCc1ncco1. The van der Waals surface area contributed by atoms with E-state index in [0.717, 1.165) is 31.7 Å². The van der Waals surface area contributed by atoms with Gasteiger partial charge in [0.2, 0.25) is 0 Å². The predicted molar refractivity (Wildman–Crippen MR) is 68.1 cm³/mol. The minimum absolute atomic E-state index is 0.380. The molecule has 3 rings (SSSR count). The lowest BCUT2D eigenvalue weighted by Crippen LogP contribution is -2.28. The molecule has 1 aliphatic carbocycles. The Bertz CT molecular complexity index is 496. The van der Waals surface area contributed by atoms with Gasteiger partial charge in [-0.25, -0.2) is 4.98 Å². The van der Waals surface area contributed by atoms with Crippen molar-refractivity contribution in [1.29, 1.82) is 0 Å². The Labute approximate surface area is 106 Å². The van der Waals surface area contributed by atoms with E-state index in [4.69, 9.17) is 4.42 Å². The van der Waals surface area contributed by atoms with Crippen LogP contribution in [0.2, 0.25) is 0 Å². The Morgan fingerprint density at radius 3 is 3.22 bits per heavy atom. The van der Waals surface area contributed by atoms with E-state index in [-0.39, 0.29) is 0 Å². The number of oxazole rings is 1. The third kappa shape index (κ3) is 2.43. The van der Waals surface area contributed by atoms with Crippen LogP contribution in [0, 0.1) is 0 Å². The molecule has 0 spiro atoms. The molecule has 18 heavy (non-hydrogen) atoms. The van der Waals surface area contributed by atoms with Gasteiger partial charge in [-0.1, -0.05) is 6.07 Å². The lowest BCUT2D eigenvalue weighted by molar-refractivity contribution is 0.429. The van der Waals surface area contributed by atoms with E-state index in [0.29, 0.717) is 6.04 Å². The highest BCUT2D eigenvalue weighted by molar-refractivity contribution is 5.25. The van der Waals surface area contributed by atoms with E-state index < -0.39 is 0 Å². The monoisotopic (exact) mass is 243 g/mol. The Balaban J connectivity index is 1.60. The zero-order chi connectivity index (χ0) is 12.2. The van der Waals surface area contributed by atoms with Crippen LogP contribution in [0.5, 0.6) is 0 Å². The Hall–Kier alpha value is -1.68. The molecule has 1 N–H and O–H groups in total. The number of hydrogen-bond acceptors (Lipinski definition) is 4. The number of aryl methyl sites for hydroxylation is 1. The summed E-state index contributed by atoms with van der Waals surface area (Å²) in [5.41, 5.74) is 2.61. The van der Waals surface area contributed by atoms with Gasteiger partial charge in [0.25, 0.3) is 0 Å². The van der Waals surface area contributed by atoms with E-state index in [1.54, 1.807) is 12.5 Å². The second kappa shape index (κ2) is 5.31. The highest BCUT2D eigenvalue weighted by atomic mass is 16.3. The first-order chi connectivity index (χ1) is 8.93. The van der Waals surface area contributed by atoms with Crippen LogP contribution in [0.15, 0.2) is 35.2 Å². The number of nitrogens with one attached hydrogen (secondary N) is 1. The van der Waals surface area contributed by atoms with Crippen LogP contribution in [0.3, 0.4) is 0 Å². The maximum atomic E-state index is 5.23. The predicted octanol–water partition coefficient (Wildman–Crippen LogP) is 2.28. The van der Waals surface area contributed by atoms with Gasteiger partial charge in [-0.05, 0) is 30.9 Å². The number of rotatable bonds is 4. The quantitative estimate of drug-likeness (QED) is 0.895. The lowest BCUT2D eigenvalue weighted by atomic mass is 9.92. The summed E-state index contributed by atoms with van der Waals surface area (Å²) < 4.78 is 5.23. The molecule has 1 atom stereocenters. The molecular weight excluding hydrogens is 226 g/mol. The first kappa shape index (κ1) is 11.4. The number of nitrogens with zero attached hydrogens (tertiary/aromatic N) is 2. The second-order valence-corrected chi connectivity index (χ2v) is 4.62. The first-order valence-electron chi connectivity index (χ1n) is 6.49. The molecule has 94 valence electrons. The van der Waals surface area contributed by atoms with Crippen molar-refractivity contribution in [2.24, 2.45) is 0 Å². The lowest BCUT2D eigenvalue weighted by Gasteiger charge is -2.25. The molecule has 0 saturated carbocycles. The fraction of sp³-hybridized carbons (Fsp3) is 0.429. The van der Waals surface area contributed by atoms with Crippen molar-refractivity contribution in [3.63, 3.8) is 0 Å². The van der Waals surface area contributed by atoms with Gasteiger partial charge in [0, 0.05) is 25.2 Å². The number of pyridine rings is 1. The van der Waals surface area contributed by atoms with Crippen LogP contribution in [0.25, 0.3) is 0 Å². The molecule has 0 aromatic carbocycles. The van der Waals surface area contributed by atoms with Crippen LogP contribution in [-0.2, 0) is 12.8 Å². The van der Waals surface area contributed by atoms with Gasteiger partial charge in [0.05, 0.1) is 11.9 Å². The Morgan fingerprint density at radius 1 is 1.33 bits per heavy atom. The standard InChI is InChI=1S/C14H17N3O/c1-3-11-4-2-7-17-14(11)12(5-1)15-8-6-13-16-9-10-18-13/h2,4,7,9-10,12,15H,1,3,5-6,8H2. The fourth-order valence-corrected chi connectivity index (χ4v) is 2.54. The maximum absolute atomic E-state index is 5.23. The molecule has 1 unspecified atom stereocenters. The molecule has 2 aromatic heterocycles. The molecule has 0 bridgehead atoms. The zero-order valence-corrected chi connectivity index (χ0v) is 10.3. The molecule has 0 fully saturated rings. The van der Waals surface area contributed by atoms with E-state index in [1.807, 2.05) is 12.3 Å². The Kier molecular flexibility index (Phi) is 3.37. The van der Waals surface area contributed by atoms with Crippen molar-refractivity contribution in [2.45, 2.75) is 31.7 Å². The minimum atomic E-state index is 0.380. The largest absolute Gasteiger partial charge is 0.449 e. The van der Waals surface area contributed by atoms with Gasteiger partial charge in [0.15, 0.2) is 5.89 Å². The topological polar surface area (TPSA) is 51.0 Å². The third-order valence-corrected chi connectivity index (χ3v) is 3.41. The minimum Gasteiger partial charge on any atom is -0.449 e. The average molecular weight is 243 g/mol. The summed E-state index contributed by atoms with van der Waals surface area (Å²) in [6, 6.07) is 4.59. The number of aromatic nitrogens is 2. The van der Waals surface area contributed by atoms with Gasteiger partial charge < -0.3 is 9.73 Å². The summed E-state index contributed by atoms with van der Waals surface area (Å²) >= 11 is 0. The molecule has 1 aliphatic rings. The van der Waals surface area contributed by atoms with Crippen LogP contribution in [0.1, 0.15) is 36.0 Å². The van der Waals surface area contributed by atoms with Crippen molar-refractivity contribution in [3.05, 3.63) is 47.9 Å². The van der Waals surface area contributed by atoms with Crippen molar-refractivity contribution in [3.8, 4) is 0 Å². The van der Waals surface area contributed by atoms with Crippen LogP contribution < -0.4 is 5.32 Å². The van der Waals surface area contributed by atoms with Gasteiger partial charge in [0.1, 0.15) is 6.26 Å². The number of hydrogen-bond donors (Lipinski definition) is 1. The molecule has 4 heteroatoms. The molecule has 4 nitrogen and oxygen atoms in total. The molecule has 0 amide bonds. The average Bonchev–Trinajstić information content (AvgIpc) is 2.92. The second-order valence-electron chi connectivity index (χ2n) is 4.62. The molecule has 0 saturated heterocycles. The van der Waals surface area contributed by atoms with Gasteiger partial charge >= 0.3 is 0 Å². The van der Waals surface area contributed by atoms with Crippen molar-refractivity contribution >= 4 is 0 Å². The van der Waals surface area contributed by atoms with Crippen LogP contribution in [-0.4, -0.2) is 16.5 Å². The summed E-state index contributed by atoms with van der Waals surface area (Å²) in [4.78, 5) is 8.64. The number of fused-ring (bicyclic) bond motifs is 1. The van der Waals surface area contributed by atoms with Crippen LogP contribution >= 0.6 is 0 Å². The normalized spacial score (nSPS) is 18.6. The third-order valence-electron chi connectivity index (χ3n) is 3.41. The van der Waals surface area contributed by atoms with E-state index in [1.165, 1.54) is 17.7 Å². The van der Waals surface area contributed by atoms with Gasteiger partial charge in [-0.2, -0.15) is 0 Å². The molecule has 0 aliphatic heterocycles. The highest BCUT2D eigenvalue weighted by Crippen LogP contribution is 2.27. The van der Waals surface area contributed by atoms with E-state index >= 15 is 0 Å².